The molecule has 0 unspecified atom stereocenters. The average molecular weight is 338 g/mol. The van der Waals surface area contributed by atoms with Crippen molar-refractivity contribution in [1.82, 2.24) is 0 Å². The van der Waals surface area contributed by atoms with Crippen molar-refractivity contribution in [2.75, 3.05) is 6.61 Å². The molecular weight excluding hydrogens is 316 g/mol. The smallest absolute Gasteiger partial charge is 0.167 e. The molecule has 0 fully saturated rings. The molecule has 2 N–H and O–H groups in total. The molecule has 0 saturated heterocycles. The Morgan fingerprint density at radius 1 is 1.04 bits per heavy atom. The van der Waals surface area contributed by atoms with Crippen molar-refractivity contribution in [2.24, 2.45) is 0 Å². The number of rotatable bonds is 8. The predicted molar refractivity (Wildman–Crippen MR) is 98.0 cm³/mol. The molecule has 0 aliphatic carbocycles. The van der Waals surface area contributed by atoms with E-state index in [1.54, 1.807) is 36.4 Å². The van der Waals surface area contributed by atoms with Crippen LogP contribution in [0.3, 0.4) is 0 Å². The fourth-order valence-electron chi connectivity index (χ4n) is 2.79. The average Bonchev–Trinajstić information content (AvgIpc) is 2.60. The molecule has 4 heteroatoms. The maximum atomic E-state index is 12.7. The van der Waals surface area contributed by atoms with Crippen molar-refractivity contribution >= 4 is 17.3 Å². The second-order valence-corrected chi connectivity index (χ2v) is 5.97. The Morgan fingerprint density at radius 2 is 1.72 bits per heavy atom. The Kier molecular flexibility index (Phi) is 6.25. The van der Waals surface area contributed by atoms with Crippen molar-refractivity contribution in [3.8, 4) is 0 Å². The van der Waals surface area contributed by atoms with Crippen LogP contribution >= 0.6 is 0 Å². The molecule has 0 saturated carbocycles. The minimum Gasteiger partial charge on any atom is -0.508 e. The molecule has 0 radical (unpaired) electrons. The van der Waals surface area contributed by atoms with Gasteiger partial charge in [-0.3, -0.25) is 9.59 Å². The number of Topliss-reactive ketones (excluding diaryl/α,β-unsaturated/α-hetero) is 2. The van der Waals surface area contributed by atoms with Gasteiger partial charge in [0.2, 0.25) is 0 Å². The van der Waals surface area contributed by atoms with Crippen LogP contribution in [0.25, 0.3) is 5.76 Å². The van der Waals surface area contributed by atoms with Gasteiger partial charge >= 0.3 is 0 Å². The molecule has 2 aromatic rings. The summed E-state index contributed by atoms with van der Waals surface area (Å²) < 4.78 is 0. The van der Waals surface area contributed by atoms with Gasteiger partial charge in [-0.2, -0.15) is 0 Å². The third-order valence-electron chi connectivity index (χ3n) is 4.07. The zero-order chi connectivity index (χ0) is 18.4. The highest BCUT2D eigenvalue weighted by Crippen LogP contribution is 2.21. The summed E-state index contributed by atoms with van der Waals surface area (Å²) in [4.78, 5) is 24.6. The second kappa shape index (κ2) is 8.40. The minimum atomic E-state index is -0.184. The second-order valence-electron chi connectivity index (χ2n) is 5.97. The molecular formula is C21H22O4. The molecule has 4 nitrogen and oxygen atoms in total. The van der Waals surface area contributed by atoms with E-state index in [9.17, 15) is 14.7 Å². The van der Waals surface area contributed by atoms with Crippen LogP contribution in [-0.4, -0.2) is 28.4 Å². The summed E-state index contributed by atoms with van der Waals surface area (Å²) in [6, 6.07) is 12.2. The standard InChI is InChI=1S/C21H22O4/c1-14(23)18-7-3-4-8-19(18)21(25)13-17-10-9-16(6-5-11-22)12-20(17)15(2)24/h3-4,7-10,12,22-23H,1,5-6,11,13H2,2H3. The molecule has 2 aromatic carbocycles. The fraction of sp³-hybridized carbons (Fsp3) is 0.238. The lowest BCUT2D eigenvalue weighted by Crippen LogP contribution is -2.10. The summed E-state index contributed by atoms with van der Waals surface area (Å²) in [6.07, 6.45) is 1.37. The number of carbonyl (C=O) groups excluding carboxylic acids is 2. The number of ketones is 2. The van der Waals surface area contributed by atoms with Gasteiger partial charge < -0.3 is 10.2 Å². The Labute approximate surface area is 147 Å². The number of benzene rings is 2. The molecule has 0 aromatic heterocycles. The highest BCUT2D eigenvalue weighted by molar-refractivity contribution is 6.03. The highest BCUT2D eigenvalue weighted by atomic mass is 16.3. The molecule has 0 aliphatic heterocycles. The van der Waals surface area contributed by atoms with E-state index in [-0.39, 0.29) is 30.4 Å². The van der Waals surface area contributed by atoms with Crippen LogP contribution in [0.5, 0.6) is 0 Å². The first kappa shape index (κ1) is 18.6. The summed E-state index contributed by atoms with van der Waals surface area (Å²) in [5.41, 5.74) is 2.91. The summed E-state index contributed by atoms with van der Waals surface area (Å²) in [5.74, 6) is -0.444. The van der Waals surface area contributed by atoms with Gasteiger partial charge in [0.05, 0.1) is 0 Å². The van der Waals surface area contributed by atoms with E-state index in [0.717, 1.165) is 5.56 Å². The Hall–Kier alpha value is -2.72. The lowest BCUT2D eigenvalue weighted by atomic mass is 9.92. The van der Waals surface area contributed by atoms with E-state index in [0.29, 0.717) is 35.1 Å². The van der Waals surface area contributed by atoms with E-state index in [1.807, 2.05) is 6.07 Å². The molecule has 130 valence electrons. The highest BCUT2D eigenvalue weighted by Gasteiger charge is 2.16. The van der Waals surface area contributed by atoms with Crippen LogP contribution in [0.15, 0.2) is 49.0 Å². The summed E-state index contributed by atoms with van der Waals surface area (Å²) in [6.45, 7) is 5.06. The number of aliphatic hydroxyl groups excluding tert-OH is 2. The van der Waals surface area contributed by atoms with Gasteiger partial charge in [0.25, 0.3) is 0 Å². The van der Waals surface area contributed by atoms with Gasteiger partial charge in [-0.05, 0) is 37.0 Å². The SMILES string of the molecule is C=C(O)c1ccccc1C(=O)Cc1ccc(CCCO)cc1C(C)=O. The van der Waals surface area contributed by atoms with Crippen LogP contribution < -0.4 is 0 Å². The molecule has 0 spiro atoms. The summed E-state index contributed by atoms with van der Waals surface area (Å²) in [7, 11) is 0. The molecule has 0 aliphatic rings. The maximum Gasteiger partial charge on any atom is 0.167 e. The molecule has 0 amide bonds. The summed E-state index contributed by atoms with van der Waals surface area (Å²) in [5, 5.41) is 18.6. The van der Waals surface area contributed by atoms with Crippen LogP contribution in [0.4, 0.5) is 0 Å². The maximum absolute atomic E-state index is 12.7. The first-order chi connectivity index (χ1) is 11.9. The van der Waals surface area contributed by atoms with E-state index in [4.69, 9.17) is 5.11 Å². The molecule has 0 bridgehead atoms. The van der Waals surface area contributed by atoms with Gasteiger partial charge in [0.15, 0.2) is 11.6 Å². The molecule has 0 heterocycles. The van der Waals surface area contributed by atoms with Gasteiger partial charge in [0, 0.05) is 29.7 Å². The van der Waals surface area contributed by atoms with Crippen LogP contribution in [0.2, 0.25) is 0 Å². The van der Waals surface area contributed by atoms with Gasteiger partial charge in [-0.25, -0.2) is 0 Å². The minimum absolute atomic E-state index is 0.0689. The predicted octanol–water partition coefficient (Wildman–Crippen LogP) is 3.77. The first-order valence-corrected chi connectivity index (χ1v) is 8.18. The van der Waals surface area contributed by atoms with E-state index in [1.165, 1.54) is 6.92 Å². The lowest BCUT2D eigenvalue weighted by Gasteiger charge is -2.11. The Morgan fingerprint density at radius 3 is 2.32 bits per heavy atom. The number of hydrogen-bond acceptors (Lipinski definition) is 4. The summed E-state index contributed by atoms with van der Waals surface area (Å²) >= 11 is 0. The van der Waals surface area contributed by atoms with E-state index < -0.39 is 0 Å². The monoisotopic (exact) mass is 338 g/mol. The third-order valence-corrected chi connectivity index (χ3v) is 4.07. The van der Waals surface area contributed by atoms with Crippen molar-refractivity contribution in [1.29, 1.82) is 0 Å². The fourth-order valence-corrected chi connectivity index (χ4v) is 2.79. The zero-order valence-corrected chi connectivity index (χ0v) is 14.3. The number of aryl methyl sites for hydroxylation is 1. The lowest BCUT2D eigenvalue weighted by molar-refractivity contribution is 0.0991. The number of hydrogen-bond donors (Lipinski definition) is 2. The van der Waals surface area contributed by atoms with Crippen LogP contribution in [-0.2, 0) is 12.8 Å². The molecule has 25 heavy (non-hydrogen) atoms. The third kappa shape index (κ3) is 4.64. The van der Waals surface area contributed by atoms with Gasteiger partial charge in [0.1, 0.15) is 5.76 Å². The largest absolute Gasteiger partial charge is 0.508 e. The van der Waals surface area contributed by atoms with E-state index >= 15 is 0 Å². The topological polar surface area (TPSA) is 74.6 Å². The van der Waals surface area contributed by atoms with Crippen LogP contribution in [0, 0.1) is 0 Å². The van der Waals surface area contributed by atoms with Crippen molar-refractivity contribution in [3.63, 3.8) is 0 Å². The number of aliphatic hydroxyl groups is 2. The van der Waals surface area contributed by atoms with Crippen molar-refractivity contribution in [2.45, 2.75) is 26.2 Å². The molecule has 2 rings (SSSR count). The van der Waals surface area contributed by atoms with Crippen molar-refractivity contribution < 1.29 is 19.8 Å². The molecule has 0 atom stereocenters. The normalized spacial score (nSPS) is 10.5. The van der Waals surface area contributed by atoms with Crippen molar-refractivity contribution in [3.05, 3.63) is 76.9 Å². The van der Waals surface area contributed by atoms with Gasteiger partial charge in [-0.15, -0.1) is 0 Å². The zero-order valence-electron chi connectivity index (χ0n) is 14.3. The Balaban J connectivity index is 2.32. The first-order valence-electron chi connectivity index (χ1n) is 8.18. The number of carbonyl (C=O) groups is 2. The Bertz CT molecular complexity index is 805. The van der Waals surface area contributed by atoms with Gasteiger partial charge in [-0.1, -0.05) is 43.0 Å². The van der Waals surface area contributed by atoms with E-state index in [2.05, 4.69) is 6.58 Å². The van der Waals surface area contributed by atoms with Crippen LogP contribution in [0.1, 0.15) is 50.8 Å². The quantitative estimate of drug-likeness (QED) is 0.567.